The van der Waals surface area contributed by atoms with Crippen LogP contribution < -0.4 is 15.8 Å². The second-order valence-corrected chi connectivity index (χ2v) is 9.17. The molecule has 1 aliphatic heterocycles. The molecule has 0 saturated carbocycles. The van der Waals surface area contributed by atoms with Gasteiger partial charge in [0.25, 0.3) is 0 Å². The van der Waals surface area contributed by atoms with Gasteiger partial charge in [0, 0.05) is 10.6 Å². The summed E-state index contributed by atoms with van der Waals surface area (Å²) in [6, 6.07) is 16.1. The van der Waals surface area contributed by atoms with Gasteiger partial charge in [-0.2, -0.15) is 0 Å². The average molecular weight is 392 g/mol. The Bertz CT molecular complexity index is 855. The van der Waals surface area contributed by atoms with Gasteiger partial charge >= 0.3 is 6.03 Å². The van der Waals surface area contributed by atoms with Gasteiger partial charge < -0.3 is 5.32 Å². The third-order valence-corrected chi connectivity index (χ3v) is 6.67. The summed E-state index contributed by atoms with van der Waals surface area (Å²) in [5, 5.41) is 4.44. The molecule has 6 nitrogen and oxygen atoms in total. The quantitative estimate of drug-likeness (QED) is 0.605. The van der Waals surface area contributed by atoms with Gasteiger partial charge in [0.2, 0.25) is 0 Å². The standard InChI is InChI=1S/C18H21N3O3S2/c1-25-17-9-7-14(8-10-17)19-18(22)20-21(15-5-3-2-4-6-15)16-11-12-26(23,24)13-16/h2-10,16H,11-13H2,1H3,(H2,19,20,22). The van der Waals surface area contributed by atoms with Crippen LogP contribution >= 0.6 is 11.8 Å². The van der Waals surface area contributed by atoms with E-state index in [1.807, 2.05) is 60.9 Å². The number of nitrogens with one attached hydrogen (secondary N) is 2. The molecule has 26 heavy (non-hydrogen) atoms. The molecule has 1 fully saturated rings. The van der Waals surface area contributed by atoms with Crippen molar-refractivity contribution in [2.24, 2.45) is 0 Å². The summed E-state index contributed by atoms with van der Waals surface area (Å²) < 4.78 is 23.7. The minimum absolute atomic E-state index is 0.0323. The number of benzene rings is 2. The highest BCUT2D eigenvalue weighted by atomic mass is 32.2. The van der Waals surface area contributed by atoms with Crippen LogP contribution in [0.1, 0.15) is 6.42 Å². The van der Waals surface area contributed by atoms with Crippen molar-refractivity contribution < 1.29 is 13.2 Å². The average Bonchev–Trinajstić information content (AvgIpc) is 3.00. The van der Waals surface area contributed by atoms with Gasteiger partial charge in [-0.1, -0.05) is 18.2 Å². The first kappa shape index (κ1) is 18.6. The maximum absolute atomic E-state index is 12.5. The molecule has 3 rings (SSSR count). The Hall–Kier alpha value is -2.19. The molecule has 2 N–H and O–H groups in total. The summed E-state index contributed by atoms with van der Waals surface area (Å²) in [5.41, 5.74) is 4.23. The summed E-state index contributed by atoms with van der Waals surface area (Å²) in [6.07, 6.45) is 2.47. The molecule has 2 aromatic rings. The normalized spacial score (nSPS) is 18.3. The van der Waals surface area contributed by atoms with Crippen molar-refractivity contribution >= 4 is 39.0 Å². The molecule has 0 bridgehead atoms. The van der Waals surface area contributed by atoms with Crippen LogP contribution in [0.2, 0.25) is 0 Å². The van der Waals surface area contributed by atoms with E-state index in [9.17, 15) is 13.2 Å². The molecule has 1 saturated heterocycles. The first-order valence-electron chi connectivity index (χ1n) is 8.23. The van der Waals surface area contributed by atoms with Crippen LogP contribution in [0, 0.1) is 0 Å². The van der Waals surface area contributed by atoms with Gasteiger partial charge in [0.15, 0.2) is 9.84 Å². The van der Waals surface area contributed by atoms with Gasteiger partial charge in [0.05, 0.1) is 23.2 Å². The molecule has 0 aliphatic carbocycles. The van der Waals surface area contributed by atoms with E-state index in [0.717, 1.165) is 10.6 Å². The summed E-state index contributed by atoms with van der Waals surface area (Å²) in [4.78, 5) is 13.6. The topological polar surface area (TPSA) is 78.5 Å². The smallest absolute Gasteiger partial charge is 0.307 e. The zero-order valence-electron chi connectivity index (χ0n) is 14.4. The lowest BCUT2D eigenvalue weighted by Gasteiger charge is -2.30. The van der Waals surface area contributed by atoms with Crippen molar-refractivity contribution in [2.45, 2.75) is 17.4 Å². The molecule has 1 atom stereocenters. The molecule has 8 heteroatoms. The third-order valence-electron chi connectivity index (χ3n) is 4.18. The Morgan fingerprint density at radius 2 is 1.81 bits per heavy atom. The van der Waals surface area contributed by atoms with Crippen molar-refractivity contribution in [1.82, 2.24) is 5.43 Å². The SMILES string of the molecule is CSc1ccc(NC(=O)NN(c2ccccc2)C2CCS(=O)(=O)C2)cc1. The van der Waals surface area contributed by atoms with Crippen molar-refractivity contribution in [3.63, 3.8) is 0 Å². The number of amides is 2. The number of para-hydroxylation sites is 1. The van der Waals surface area contributed by atoms with E-state index in [1.165, 1.54) is 0 Å². The van der Waals surface area contributed by atoms with Crippen LogP contribution in [0.25, 0.3) is 0 Å². The number of carbonyl (C=O) groups excluding carboxylic acids is 1. The van der Waals surface area contributed by atoms with Crippen molar-refractivity contribution in [2.75, 3.05) is 28.1 Å². The number of hydrogen-bond donors (Lipinski definition) is 2. The van der Waals surface area contributed by atoms with E-state index in [2.05, 4.69) is 10.7 Å². The van der Waals surface area contributed by atoms with Crippen LogP contribution in [0.15, 0.2) is 59.5 Å². The number of hydrazine groups is 1. The Labute approximate surface area is 157 Å². The predicted molar refractivity (Wildman–Crippen MR) is 106 cm³/mol. The Morgan fingerprint density at radius 3 is 2.38 bits per heavy atom. The molecule has 1 heterocycles. The van der Waals surface area contributed by atoms with Crippen LogP contribution in [-0.2, 0) is 9.84 Å². The Balaban J connectivity index is 1.73. The molecule has 2 amide bonds. The third kappa shape index (κ3) is 4.70. The highest BCUT2D eigenvalue weighted by Gasteiger charge is 2.33. The van der Waals surface area contributed by atoms with Gasteiger partial charge in [0.1, 0.15) is 0 Å². The van der Waals surface area contributed by atoms with Crippen molar-refractivity contribution in [1.29, 1.82) is 0 Å². The van der Waals surface area contributed by atoms with Gasteiger partial charge in [-0.15, -0.1) is 11.8 Å². The number of carbonyl (C=O) groups is 1. The number of rotatable bonds is 5. The number of sulfone groups is 1. The fraction of sp³-hybridized carbons (Fsp3) is 0.278. The summed E-state index contributed by atoms with van der Waals surface area (Å²) >= 11 is 1.63. The number of nitrogens with zero attached hydrogens (tertiary/aromatic N) is 1. The fourth-order valence-electron chi connectivity index (χ4n) is 2.88. The largest absolute Gasteiger partial charge is 0.338 e. The highest BCUT2D eigenvalue weighted by Crippen LogP contribution is 2.23. The van der Waals surface area contributed by atoms with Gasteiger partial charge in [-0.25, -0.2) is 18.6 Å². The Kier molecular flexibility index (Phi) is 5.73. The van der Waals surface area contributed by atoms with E-state index < -0.39 is 15.9 Å². The van der Waals surface area contributed by atoms with Crippen LogP contribution in [0.5, 0.6) is 0 Å². The Morgan fingerprint density at radius 1 is 1.12 bits per heavy atom. The fourth-order valence-corrected chi connectivity index (χ4v) is 4.99. The molecular formula is C18H21N3O3S2. The van der Waals surface area contributed by atoms with E-state index >= 15 is 0 Å². The summed E-state index contributed by atoms with van der Waals surface area (Å²) in [7, 11) is -3.07. The van der Waals surface area contributed by atoms with Gasteiger partial charge in [-0.3, -0.25) is 5.01 Å². The van der Waals surface area contributed by atoms with E-state index in [-0.39, 0.29) is 17.5 Å². The summed E-state index contributed by atoms with van der Waals surface area (Å²) in [5.74, 6) is 0.172. The maximum Gasteiger partial charge on any atom is 0.338 e. The lowest BCUT2D eigenvalue weighted by molar-refractivity contribution is 0.250. The number of thioether (sulfide) groups is 1. The molecule has 0 spiro atoms. The zero-order chi connectivity index (χ0) is 18.6. The van der Waals surface area contributed by atoms with Crippen molar-refractivity contribution in [3.05, 3.63) is 54.6 Å². The lowest BCUT2D eigenvalue weighted by Crippen LogP contribution is -2.51. The second-order valence-electron chi connectivity index (χ2n) is 6.06. The highest BCUT2D eigenvalue weighted by molar-refractivity contribution is 7.98. The monoisotopic (exact) mass is 391 g/mol. The van der Waals surface area contributed by atoms with Crippen molar-refractivity contribution in [3.8, 4) is 0 Å². The molecule has 138 valence electrons. The molecule has 1 unspecified atom stereocenters. The molecule has 2 aromatic carbocycles. The minimum Gasteiger partial charge on any atom is -0.307 e. The van der Waals surface area contributed by atoms with E-state index in [1.54, 1.807) is 16.8 Å². The van der Waals surface area contributed by atoms with Crippen LogP contribution in [0.4, 0.5) is 16.2 Å². The molecular weight excluding hydrogens is 370 g/mol. The second kappa shape index (κ2) is 8.01. The predicted octanol–water partition coefficient (Wildman–Crippen LogP) is 3.14. The molecule has 0 aromatic heterocycles. The minimum atomic E-state index is -3.07. The first-order valence-corrected chi connectivity index (χ1v) is 11.3. The lowest BCUT2D eigenvalue weighted by atomic mass is 10.2. The first-order chi connectivity index (χ1) is 12.5. The maximum atomic E-state index is 12.5. The summed E-state index contributed by atoms with van der Waals surface area (Å²) in [6.45, 7) is 0. The number of anilines is 2. The zero-order valence-corrected chi connectivity index (χ0v) is 16.0. The van der Waals surface area contributed by atoms with E-state index in [4.69, 9.17) is 0 Å². The number of urea groups is 1. The number of hydrogen-bond acceptors (Lipinski definition) is 5. The van der Waals surface area contributed by atoms with Crippen LogP contribution in [-0.4, -0.2) is 38.3 Å². The van der Waals surface area contributed by atoms with Crippen LogP contribution in [0.3, 0.4) is 0 Å². The molecule has 0 radical (unpaired) electrons. The van der Waals surface area contributed by atoms with Gasteiger partial charge in [-0.05, 0) is 49.1 Å². The molecule has 1 aliphatic rings. The van der Waals surface area contributed by atoms with E-state index in [0.29, 0.717) is 12.1 Å².